The highest BCUT2D eigenvalue weighted by molar-refractivity contribution is 7.99. The second kappa shape index (κ2) is 6.65. The van der Waals surface area contributed by atoms with Gasteiger partial charge in [-0.1, -0.05) is 24.8 Å². The van der Waals surface area contributed by atoms with Crippen LogP contribution in [0.2, 0.25) is 0 Å². The highest BCUT2D eigenvalue weighted by atomic mass is 32.2. The number of nitrogens with zero attached hydrogens (tertiary/aromatic N) is 2. The van der Waals surface area contributed by atoms with Gasteiger partial charge in [0, 0.05) is 6.54 Å². The van der Waals surface area contributed by atoms with Gasteiger partial charge in [0.2, 0.25) is 0 Å². The molecule has 1 aromatic heterocycles. The smallest absolute Gasteiger partial charge is 0.313 e. The maximum absolute atomic E-state index is 10.7. The number of benzene rings is 1. The predicted octanol–water partition coefficient (Wildman–Crippen LogP) is 3.02. The fraction of sp³-hybridized carbons (Fsp3) is 0.429. The lowest BCUT2D eigenvalue weighted by atomic mass is 10.3. The van der Waals surface area contributed by atoms with Crippen LogP contribution in [0.3, 0.4) is 0 Å². The largest absolute Gasteiger partial charge is 0.492 e. The lowest BCUT2D eigenvalue weighted by Gasteiger charge is -2.06. The molecule has 0 bridgehead atoms. The van der Waals surface area contributed by atoms with E-state index in [1.807, 2.05) is 25.1 Å². The van der Waals surface area contributed by atoms with E-state index in [0.29, 0.717) is 6.61 Å². The van der Waals surface area contributed by atoms with Crippen molar-refractivity contribution in [3.05, 3.63) is 18.2 Å². The molecule has 2 rings (SSSR count). The number of hydrogen-bond donors (Lipinski definition) is 1. The molecule has 2 aromatic rings. The highest BCUT2D eigenvalue weighted by Gasteiger charge is 2.15. The van der Waals surface area contributed by atoms with Crippen molar-refractivity contribution in [3.63, 3.8) is 0 Å². The Morgan fingerprint density at radius 1 is 1.45 bits per heavy atom. The van der Waals surface area contributed by atoms with Crippen LogP contribution in [0.15, 0.2) is 23.4 Å². The summed E-state index contributed by atoms with van der Waals surface area (Å²) in [5.41, 5.74) is 1.79. The van der Waals surface area contributed by atoms with E-state index in [9.17, 15) is 4.79 Å². The number of ether oxygens (including phenoxy) is 1. The van der Waals surface area contributed by atoms with E-state index in [2.05, 4.69) is 16.5 Å². The van der Waals surface area contributed by atoms with Crippen molar-refractivity contribution in [3.8, 4) is 5.75 Å². The molecule has 1 N–H and O–H groups in total. The maximum atomic E-state index is 10.7. The van der Waals surface area contributed by atoms with Crippen LogP contribution in [0.5, 0.6) is 5.75 Å². The second-order valence-electron chi connectivity index (χ2n) is 4.29. The number of aryl methyl sites for hydroxylation is 1. The summed E-state index contributed by atoms with van der Waals surface area (Å²) in [6, 6.07) is 5.82. The number of thioether (sulfide) groups is 1. The van der Waals surface area contributed by atoms with E-state index < -0.39 is 5.97 Å². The Bertz CT molecular complexity index is 610. The molecule has 0 atom stereocenters. The lowest BCUT2D eigenvalue weighted by molar-refractivity contribution is -0.133. The minimum absolute atomic E-state index is 0.0109. The molecule has 0 radical (unpaired) electrons. The van der Waals surface area contributed by atoms with Crippen LogP contribution in [-0.2, 0) is 11.3 Å². The lowest BCUT2D eigenvalue weighted by Crippen LogP contribution is -2.03. The van der Waals surface area contributed by atoms with Gasteiger partial charge in [-0.25, -0.2) is 4.98 Å². The average Bonchev–Trinajstić information content (AvgIpc) is 2.77. The molecule has 0 saturated heterocycles. The zero-order valence-corrected chi connectivity index (χ0v) is 12.4. The molecule has 108 valence electrons. The number of para-hydroxylation sites is 1. The van der Waals surface area contributed by atoms with Gasteiger partial charge in [-0.15, -0.1) is 0 Å². The standard InChI is InChI=1S/C14H18N2O3S/c1-3-8-16-10-6-5-7-11(19-4-2)13(10)15-14(16)20-9-12(17)18/h5-7H,3-4,8-9H2,1-2H3,(H,17,18). The number of rotatable bonds is 7. The first kappa shape index (κ1) is 14.7. The normalized spacial score (nSPS) is 10.9. The third-order valence-electron chi connectivity index (χ3n) is 2.78. The summed E-state index contributed by atoms with van der Waals surface area (Å²) in [6.45, 7) is 5.41. The molecule has 1 heterocycles. The van der Waals surface area contributed by atoms with Gasteiger partial charge in [-0.3, -0.25) is 4.79 Å². The Morgan fingerprint density at radius 3 is 2.90 bits per heavy atom. The molecular weight excluding hydrogens is 276 g/mol. The quantitative estimate of drug-likeness (QED) is 0.795. The van der Waals surface area contributed by atoms with Crippen molar-refractivity contribution in [2.75, 3.05) is 12.4 Å². The topological polar surface area (TPSA) is 64.4 Å². The first-order chi connectivity index (χ1) is 9.67. The number of aromatic nitrogens is 2. The summed E-state index contributed by atoms with van der Waals surface area (Å²) >= 11 is 1.24. The predicted molar refractivity (Wildman–Crippen MR) is 79.6 cm³/mol. The van der Waals surface area contributed by atoms with E-state index in [0.717, 1.165) is 34.9 Å². The average molecular weight is 294 g/mol. The molecule has 0 aliphatic carbocycles. The fourth-order valence-electron chi connectivity index (χ4n) is 2.05. The summed E-state index contributed by atoms with van der Waals surface area (Å²) in [6.07, 6.45) is 0.963. The number of carboxylic acid groups (broad SMARTS) is 1. The van der Waals surface area contributed by atoms with Crippen molar-refractivity contribution in [1.82, 2.24) is 9.55 Å². The van der Waals surface area contributed by atoms with Gasteiger partial charge in [-0.2, -0.15) is 0 Å². The first-order valence-corrected chi connectivity index (χ1v) is 7.62. The molecular formula is C14H18N2O3S. The van der Waals surface area contributed by atoms with E-state index >= 15 is 0 Å². The molecule has 0 fully saturated rings. The number of carbonyl (C=O) groups is 1. The SMILES string of the molecule is CCCn1c(SCC(=O)O)nc2c(OCC)cccc21. The van der Waals surface area contributed by atoms with Crippen molar-refractivity contribution in [2.45, 2.75) is 32.0 Å². The molecule has 20 heavy (non-hydrogen) atoms. The van der Waals surface area contributed by atoms with Crippen LogP contribution in [0, 0.1) is 0 Å². The summed E-state index contributed by atoms with van der Waals surface area (Å²) in [5, 5.41) is 9.56. The summed E-state index contributed by atoms with van der Waals surface area (Å²) in [5.74, 6) is -0.0797. The van der Waals surface area contributed by atoms with Crippen molar-refractivity contribution in [2.24, 2.45) is 0 Å². The third-order valence-corrected chi connectivity index (χ3v) is 3.74. The minimum atomic E-state index is -0.838. The molecule has 0 aliphatic heterocycles. The van der Waals surface area contributed by atoms with Gasteiger partial charge in [0.1, 0.15) is 11.3 Å². The highest BCUT2D eigenvalue weighted by Crippen LogP contribution is 2.30. The number of fused-ring (bicyclic) bond motifs is 1. The summed E-state index contributed by atoms with van der Waals surface area (Å²) in [4.78, 5) is 15.3. The van der Waals surface area contributed by atoms with Gasteiger partial charge < -0.3 is 14.4 Å². The van der Waals surface area contributed by atoms with Gasteiger partial charge >= 0.3 is 5.97 Å². The van der Waals surface area contributed by atoms with Crippen molar-refractivity contribution >= 4 is 28.8 Å². The Balaban J connectivity index is 2.47. The molecule has 0 saturated carbocycles. The van der Waals surface area contributed by atoms with E-state index in [4.69, 9.17) is 9.84 Å². The first-order valence-electron chi connectivity index (χ1n) is 6.64. The second-order valence-corrected chi connectivity index (χ2v) is 5.23. The Morgan fingerprint density at radius 2 is 2.25 bits per heavy atom. The van der Waals surface area contributed by atoms with E-state index in [-0.39, 0.29) is 5.75 Å². The summed E-state index contributed by atoms with van der Waals surface area (Å²) < 4.78 is 7.65. The van der Waals surface area contributed by atoms with E-state index in [1.165, 1.54) is 11.8 Å². The summed E-state index contributed by atoms with van der Waals surface area (Å²) in [7, 11) is 0. The van der Waals surface area contributed by atoms with Crippen molar-refractivity contribution in [1.29, 1.82) is 0 Å². The fourth-order valence-corrected chi connectivity index (χ4v) is 2.80. The zero-order chi connectivity index (χ0) is 14.5. The van der Waals surface area contributed by atoms with Crippen LogP contribution in [0.4, 0.5) is 0 Å². The van der Waals surface area contributed by atoms with E-state index in [1.54, 1.807) is 0 Å². The Hall–Kier alpha value is -1.69. The molecule has 1 aromatic carbocycles. The number of carboxylic acids is 1. The van der Waals surface area contributed by atoms with Gasteiger partial charge in [0.25, 0.3) is 0 Å². The number of imidazole rings is 1. The molecule has 0 amide bonds. The molecule has 0 aliphatic rings. The van der Waals surface area contributed by atoms with Crippen LogP contribution in [0.1, 0.15) is 20.3 Å². The van der Waals surface area contributed by atoms with Crippen LogP contribution < -0.4 is 4.74 Å². The maximum Gasteiger partial charge on any atom is 0.313 e. The number of aliphatic carboxylic acids is 1. The zero-order valence-electron chi connectivity index (χ0n) is 11.6. The molecule has 6 heteroatoms. The molecule has 5 nitrogen and oxygen atoms in total. The van der Waals surface area contributed by atoms with Crippen molar-refractivity contribution < 1.29 is 14.6 Å². The van der Waals surface area contributed by atoms with Gasteiger partial charge in [0.15, 0.2) is 5.16 Å². The van der Waals surface area contributed by atoms with Crippen LogP contribution in [-0.4, -0.2) is 33.0 Å². The van der Waals surface area contributed by atoms with Gasteiger partial charge in [-0.05, 0) is 25.5 Å². The third kappa shape index (κ3) is 3.07. The minimum Gasteiger partial charge on any atom is -0.492 e. The van der Waals surface area contributed by atoms with Crippen LogP contribution in [0.25, 0.3) is 11.0 Å². The Labute approximate surface area is 121 Å². The van der Waals surface area contributed by atoms with Gasteiger partial charge in [0.05, 0.1) is 17.9 Å². The monoisotopic (exact) mass is 294 g/mol. The number of hydrogen-bond acceptors (Lipinski definition) is 4. The Kier molecular flexibility index (Phi) is 4.89. The molecule has 0 spiro atoms. The molecule has 0 unspecified atom stereocenters. The van der Waals surface area contributed by atoms with Crippen LogP contribution >= 0.6 is 11.8 Å².